The van der Waals surface area contributed by atoms with E-state index in [1.54, 1.807) is 36.4 Å². The lowest BCUT2D eigenvalue weighted by atomic mass is 10.1. The molecule has 4 amide bonds. The fraction of sp³-hybridized carbons (Fsp3) is 0.105. The summed E-state index contributed by atoms with van der Waals surface area (Å²) in [5.41, 5.74) is 0.675. The van der Waals surface area contributed by atoms with Gasteiger partial charge < -0.3 is 4.74 Å². The van der Waals surface area contributed by atoms with Crippen molar-refractivity contribution in [1.29, 1.82) is 0 Å². The molecule has 27 heavy (non-hydrogen) atoms. The van der Waals surface area contributed by atoms with Gasteiger partial charge in [0.1, 0.15) is 11.3 Å². The average Bonchev–Trinajstić information content (AvgIpc) is 2.58. The number of nitrogens with zero attached hydrogens (tertiary/aromatic N) is 1. The van der Waals surface area contributed by atoms with Gasteiger partial charge in [-0.3, -0.25) is 14.9 Å². The number of halogens is 2. The van der Waals surface area contributed by atoms with E-state index in [-0.39, 0.29) is 11.3 Å². The van der Waals surface area contributed by atoms with Crippen LogP contribution in [0.25, 0.3) is 6.08 Å². The fourth-order valence-corrected chi connectivity index (χ4v) is 3.27. The summed E-state index contributed by atoms with van der Waals surface area (Å²) in [6.45, 7) is 2.33. The van der Waals surface area contributed by atoms with Gasteiger partial charge in [0.25, 0.3) is 11.8 Å². The first-order chi connectivity index (χ1) is 12.9. The van der Waals surface area contributed by atoms with Gasteiger partial charge in [0.15, 0.2) is 0 Å². The third kappa shape index (κ3) is 4.20. The molecule has 2 aromatic rings. The first-order valence-corrected chi connectivity index (χ1v) is 9.16. The second kappa shape index (κ2) is 7.94. The molecular formula is C19H14BrClN2O4. The monoisotopic (exact) mass is 448 g/mol. The molecule has 1 saturated heterocycles. The Morgan fingerprint density at radius 3 is 2.67 bits per heavy atom. The lowest BCUT2D eigenvalue weighted by Gasteiger charge is -2.26. The minimum Gasteiger partial charge on any atom is -0.494 e. The number of ether oxygens (including phenoxy) is 1. The van der Waals surface area contributed by atoms with Crippen molar-refractivity contribution >= 4 is 57.1 Å². The zero-order chi connectivity index (χ0) is 19.6. The summed E-state index contributed by atoms with van der Waals surface area (Å²) in [5.74, 6) is -0.907. The minimum atomic E-state index is -0.825. The molecule has 0 bridgehead atoms. The Bertz CT molecular complexity index is 974. The molecule has 1 N–H and O–H groups in total. The SMILES string of the molecule is CCOc1cc(Br)cc(/C=C2\C(=O)NC(=O)N(c3cccc(Cl)c3)C2=O)c1. The second-order valence-corrected chi connectivity index (χ2v) is 6.94. The van der Waals surface area contributed by atoms with E-state index >= 15 is 0 Å². The standard InChI is InChI=1S/C19H14BrClN2O4/c1-2-27-15-7-11(6-12(20)9-15)8-16-17(24)22-19(26)23(18(16)25)14-5-3-4-13(21)10-14/h3-10H,2H2,1H3,(H,22,24,26)/b16-8+. The van der Waals surface area contributed by atoms with Crippen LogP contribution in [0.5, 0.6) is 5.75 Å². The van der Waals surface area contributed by atoms with Crippen LogP contribution in [-0.4, -0.2) is 24.5 Å². The topological polar surface area (TPSA) is 75.7 Å². The molecular weight excluding hydrogens is 436 g/mol. The normalized spacial score (nSPS) is 15.9. The average molecular weight is 450 g/mol. The van der Waals surface area contributed by atoms with Crippen LogP contribution < -0.4 is 15.0 Å². The van der Waals surface area contributed by atoms with Gasteiger partial charge in [0, 0.05) is 9.50 Å². The maximum atomic E-state index is 12.8. The van der Waals surface area contributed by atoms with Gasteiger partial charge in [-0.25, -0.2) is 9.69 Å². The smallest absolute Gasteiger partial charge is 0.335 e. The number of amides is 4. The van der Waals surface area contributed by atoms with E-state index in [4.69, 9.17) is 16.3 Å². The first-order valence-electron chi connectivity index (χ1n) is 7.99. The number of benzene rings is 2. The molecule has 0 aliphatic carbocycles. The van der Waals surface area contributed by atoms with Crippen LogP contribution in [0.2, 0.25) is 5.02 Å². The Hall–Kier alpha value is -2.64. The summed E-state index contributed by atoms with van der Waals surface area (Å²) in [6, 6.07) is 10.6. The van der Waals surface area contributed by atoms with Crippen LogP contribution in [0.4, 0.5) is 10.5 Å². The van der Waals surface area contributed by atoms with Crippen LogP contribution in [0.15, 0.2) is 52.5 Å². The van der Waals surface area contributed by atoms with E-state index < -0.39 is 17.8 Å². The quantitative estimate of drug-likeness (QED) is 0.561. The molecule has 2 aromatic carbocycles. The highest BCUT2D eigenvalue weighted by Gasteiger charge is 2.36. The number of nitrogens with one attached hydrogen (secondary N) is 1. The molecule has 0 saturated carbocycles. The molecule has 0 atom stereocenters. The second-order valence-electron chi connectivity index (χ2n) is 5.59. The zero-order valence-corrected chi connectivity index (χ0v) is 16.5. The summed E-state index contributed by atoms with van der Waals surface area (Å²) in [7, 11) is 0. The van der Waals surface area contributed by atoms with Crippen molar-refractivity contribution in [2.75, 3.05) is 11.5 Å². The molecule has 0 aromatic heterocycles. The molecule has 6 nitrogen and oxygen atoms in total. The van der Waals surface area contributed by atoms with Crippen molar-refractivity contribution in [3.8, 4) is 5.75 Å². The number of hydrogen-bond acceptors (Lipinski definition) is 4. The van der Waals surface area contributed by atoms with Gasteiger partial charge in [-0.15, -0.1) is 0 Å². The number of rotatable bonds is 4. The van der Waals surface area contributed by atoms with Crippen LogP contribution in [-0.2, 0) is 9.59 Å². The summed E-state index contributed by atoms with van der Waals surface area (Å²) >= 11 is 9.32. The van der Waals surface area contributed by atoms with Gasteiger partial charge >= 0.3 is 6.03 Å². The van der Waals surface area contributed by atoms with Gasteiger partial charge in [0.05, 0.1) is 12.3 Å². The molecule has 0 radical (unpaired) electrons. The summed E-state index contributed by atoms with van der Waals surface area (Å²) < 4.78 is 6.20. The van der Waals surface area contributed by atoms with Crippen molar-refractivity contribution in [1.82, 2.24) is 5.32 Å². The Balaban J connectivity index is 2.02. The Labute approximate surface area is 168 Å². The third-order valence-electron chi connectivity index (χ3n) is 3.68. The molecule has 1 aliphatic rings. The number of hydrogen-bond donors (Lipinski definition) is 1. The summed E-state index contributed by atoms with van der Waals surface area (Å²) in [5, 5.41) is 2.54. The van der Waals surface area contributed by atoms with E-state index in [1.807, 2.05) is 6.92 Å². The molecule has 8 heteroatoms. The van der Waals surface area contributed by atoms with Gasteiger partial charge in [-0.1, -0.05) is 33.6 Å². The highest BCUT2D eigenvalue weighted by Crippen LogP contribution is 2.27. The lowest BCUT2D eigenvalue weighted by molar-refractivity contribution is -0.122. The molecule has 1 fully saturated rings. The molecule has 1 aliphatic heterocycles. The van der Waals surface area contributed by atoms with Crippen molar-refractivity contribution in [2.45, 2.75) is 6.92 Å². The Morgan fingerprint density at radius 2 is 1.96 bits per heavy atom. The molecule has 0 spiro atoms. The maximum absolute atomic E-state index is 12.8. The fourth-order valence-electron chi connectivity index (χ4n) is 2.59. The van der Waals surface area contributed by atoms with E-state index in [1.165, 1.54) is 12.1 Å². The van der Waals surface area contributed by atoms with E-state index in [0.29, 0.717) is 22.9 Å². The number of anilines is 1. The van der Waals surface area contributed by atoms with Crippen LogP contribution in [0, 0.1) is 0 Å². The van der Waals surface area contributed by atoms with Crippen molar-refractivity contribution in [2.24, 2.45) is 0 Å². The molecule has 138 valence electrons. The van der Waals surface area contributed by atoms with E-state index in [0.717, 1.165) is 9.37 Å². The Kier molecular flexibility index (Phi) is 5.62. The van der Waals surface area contributed by atoms with Crippen molar-refractivity contribution in [3.05, 3.63) is 63.1 Å². The predicted molar refractivity (Wildman–Crippen MR) is 106 cm³/mol. The van der Waals surface area contributed by atoms with Crippen molar-refractivity contribution in [3.63, 3.8) is 0 Å². The number of carbonyl (C=O) groups is 3. The van der Waals surface area contributed by atoms with E-state index in [9.17, 15) is 14.4 Å². The predicted octanol–water partition coefficient (Wildman–Crippen LogP) is 4.17. The Morgan fingerprint density at radius 1 is 1.19 bits per heavy atom. The van der Waals surface area contributed by atoms with Gasteiger partial charge in [-0.2, -0.15) is 0 Å². The summed E-state index contributed by atoms with van der Waals surface area (Å²) in [6.07, 6.45) is 1.41. The highest BCUT2D eigenvalue weighted by molar-refractivity contribution is 9.10. The van der Waals surface area contributed by atoms with Crippen LogP contribution >= 0.6 is 27.5 Å². The number of imide groups is 2. The van der Waals surface area contributed by atoms with Crippen LogP contribution in [0.3, 0.4) is 0 Å². The van der Waals surface area contributed by atoms with Gasteiger partial charge in [0.2, 0.25) is 0 Å². The van der Waals surface area contributed by atoms with E-state index in [2.05, 4.69) is 21.2 Å². The molecule has 1 heterocycles. The van der Waals surface area contributed by atoms with Crippen molar-refractivity contribution < 1.29 is 19.1 Å². The number of carbonyl (C=O) groups excluding carboxylic acids is 3. The molecule has 0 unspecified atom stereocenters. The van der Waals surface area contributed by atoms with Crippen LogP contribution in [0.1, 0.15) is 12.5 Å². The number of barbiturate groups is 1. The largest absolute Gasteiger partial charge is 0.494 e. The third-order valence-corrected chi connectivity index (χ3v) is 4.38. The minimum absolute atomic E-state index is 0.171. The highest BCUT2D eigenvalue weighted by atomic mass is 79.9. The number of urea groups is 1. The summed E-state index contributed by atoms with van der Waals surface area (Å²) in [4.78, 5) is 38.2. The lowest BCUT2D eigenvalue weighted by Crippen LogP contribution is -2.54. The molecule has 3 rings (SSSR count). The zero-order valence-electron chi connectivity index (χ0n) is 14.2. The maximum Gasteiger partial charge on any atom is 0.335 e. The first kappa shape index (κ1) is 19.1. The van der Waals surface area contributed by atoms with Gasteiger partial charge in [-0.05, 0) is 55.0 Å².